The zero-order valence-electron chi connectivity index (χ0n) is 18.0. The van der Waals surface area contributed by atoms with Crippen molar-refractivity contribution < 1.29 is 9.53 Å². The van der Waals surface area contributed by atoms with Crippen molar-refractivity contribution in [2.24, 2.45) is 0 Å². The summed E-state index contributed by atoms with van der Waals surface area (Å²) >= 11 is 0. The molecule has 162 valence electrons. The first-order chi connectivity index (χ1) is 14.0. The monoisotopic (exact) mass is 427 g/mol. The Labute approximate surface area is 186 Å². The minimum Gasteiger partial charge on any atom is -0.375 e. The molecule has 2 fully saturated rings. The van der Waals surface area contributed by atoms with E-state index < -0.39 is 5.54 Å². The number of aromatic nitrogens is 1. The fourth-order valence-electron chi connectivity index (χ4n) is 4.86. The van der Waals surface area contributed by atoms with Gasteiger partial charge >= 0.3 is 0 Å². The van der Waals surface area contributed by atoms with Crippen molar-refractivity contribution in [3.05, 3.63) is 66.0 Å². The highest BCUT2D eigenvalue weighted by Gasteiger charge is 2.51. The van der Waals surface area contributed by atoms with Crippen molar-refractivity contribution in [2.45, 2.75) is 44.4 Å². The molecule has 2 aliphatic rings. The minimum atomic E-state index is -0.533. The van der Waals surface area contributed by atoms with E-state index >= 15 is 0 Å². The first-order valence-corrected chi connectivity index (χ1v) is 10.6. The molecule has 30 heavy (non-hydrogen) atoms. The van der Waals surface area contributed by atoms with E-state index in [0.717, 1.165) is 39.1 Å². The van der Waals surface area contributed by atoms with Crippen molar-refractivity contribution in [3.63, 3.8) is 0 Å². The van der Waals surface area contributed by atoms with Crippen LogP contribution in [-0.2, 0) is 11.3 Å². The number of hydrogen-bond acceptors (Lipinski definition) is 5. The first-order valence-electron chi connectivity index (χ1n) is 10.6. The summed E-state index contributed by atoms with van der Waals surface area (Å²) < 4.78 is 5.99. The summed E-state index contributed by atoms with van der Waals surface area (Å²) in [5.74, 6) is 0.144. The number of benzene rings is 1. The lowest BCUT2D eigenvalue weighted by atomic mass is 9.75. The molecule has 3 heterocycles. The zero-order valence-corrected chi connectivity index (χ0v) is 19.0. The Hall–Kier alpha value is -1.73. The van der Waals surface area contributed by atoms with E-state index in [-0.39, 0.29) is 24.9 Å². The fraction of sp³-hybridized carbons (Fsp3) is 0.500. The maximum atomic E-state index is 13.7. The molecule has 0 N–H and O–H groups in total. The number of piperazine rings is 1. The molecule has 6 heteroatoms. The van der Waals surface area contributed by atoms with Crippen LogP contribution in [0.25, 0.3) is 0 Å². The van der Waals surface area contributed by atoms with Crippen LogP contribution in [0.3, 0.4) is 0 Å². The van der Waals surface area contributed by atoms with Gasteiger partial charge in [-0.1, -0.05) is 36.4 Å². The topological polar surface area (TPSA) is 45.7 Å². The molecule has 0 spiro atoms. The van der Waals surface area contributed by atoms with E-state index in [1.54, 1.807) is 6.20 Å². The normalized spacial score (nSPS) is 24.7. The number of rotatable bonds is 5. The van der Waals surface area contributed by atoms with E-state index in [4.69, 9.17) is 4.74 Å². The average molecular weight is 428 g/mol. The second-order valence-electron chi connectivity index (χ2n) is 8.86. The Bertz CT molecular complexity index is 823. The van der Waals surface area contributed by atoms with Crippen LogP contribution < -0.4 is 0 Å². The average Bonchev–Trinajstić information content (AvgIpc) is 2.74. The number of nitrogens with zero attached hydrogens (tertiary/aromatic N) is 3. The van der Waals surface area contributed by atoms with Crippen LogP contribution in [0.5, 0.6) is 0 Å². The number of ketones is 1. The Morgan fingerprint density at radius 3 is 2.37 bits per heavy atom. The van der Waals surface area contributed by atoms with Gasteiger partial charge in [-0.15, -0.1) is 0 Å². The van der Waals surface area contributed by atoms with Crippen molar-refractivity contribution in [1.82, 2.24) is 14.8 Å². The highest BCUT2D eigenvalue weighted by atomic mass is 32.1. The third kappa shape index (κ3) is 4.94. The quantitative estimate of drug-likeness (QED) is 0.683. The van der Waals surface area contributed by atoms with Gasteiger partial charge in [-0.25, -0.2) is 0 Å². The molecule has 1 atom stereocenters. The van der Waals surface area contributed by atoms with Gasteiger partial charge in [0.15, 0.2) is 0 Å². The number of carbonyl (C=O) groups is 1. The molecule has 1 aromatic heterocycles. The van der Waals surface area contributed by atoms with Gasteiger partial charge in [-0.2, -0.15) is 13.5 Å². The highest BCUT2D eigenvalue weighted by Crippen LogP contribution is 2.39. The largest absolute Gasteiger partial charge is 0.375 e. The molecule has 2 aliphatic heterocycles. The summed E-state index contributed by atoms with van der Waals surface area (Å²) in [6.07, 6.45) is 3.14. The van der Waals surface area contributed by atoms with E-state index in [0.29, 0.717) is 18.7 Å². The van der Waals surface area contributed by atoms with Gasteiger partial charge in [0.2, 0.25) is 5.78 Å². The van der Waals surface area contributed by atoms with Gasteiger partial charge in [0.1, 0.15) is 5.69 Å². The fourth-order valence-corrected chi connectivity index (χ4v) is 4.86. The predicted molar refractivity (Wildman–Crippen MR) is 124 cm³/mol. The van der Waals surface area contributed by atoms with Crippen LogP contribution >= 0.6 is 13.5 Å². The third-order valence-corrected chi connectivity index (χ3v) is 6.27. The van der Waals surface area contributed by atoms with Crippen molar-refractivity contribution in [3.8, 4) is 0 Å². The van der Waals surface area contributed by atoms with Crippen LogP contribution in [0.15, 0.2) is 54.7 Å². The van der Waals surface area contributed by atoms with Crippen molar-refractivity contribution >= 4 is 19.3 Å². The number of ether oxygens (including phenoxy) is 1. The van der Waals surface area contributed by atoms with Gasteiger partial charge in [-0.05, 0) is 38.0 Å². The molecular weight excluding hydrogens is 394 g/mol. The van der Waals surface area contributed by atoms with Crippen LogP contribution in [0.1, 0.15) is 42.7 Å². The number of hydrogen-bond donors (Lipinski definition) is 0. The molecule has 0 radical (unpaired) electrons. The van der Waals surface area contributed by atoms with Crippen molar-refractivity contribution in [1.29, 1.82) is 0 Å². The molecule has 0 aliphatic carbocycles. The molecular formula is C24H33N3O2S. The van der Waals surface area contributed by atoms with Gasteiger partial charge in [0.25, 0.3) is 0 Å². The smallest absolute Gasteiger partial charge is 0.201 e. The third-order valence-electron chi connectivity index (χ3n) is 6.27. The second-order valence-corrected chi connectivity index (χ2v) is 8.86. The van der Waals surface area contributed by atoms with Crippen LogP contribution in [0.4, 0.5) is 0 Å². The molecule has 2 saturated heterocycles. The van der Waals surface area contributed by atoms with E-state index in [1.807, 2.05) is 18.2 Å². The molecule has 0 saturated carbocycles. The highest BCUT2D eigenvalue weighted by molar-refractivity contribution is 7.59. The maximum absolute atomic E-state index is 13.7. The summed E-state index contributed by atoms with van der Waals surface area (Å²) in [6, 6.07) is 16.2. The Morgan fingerprint density at radius 1 is 1.03 bits per heavy atom. The summed E-state index contributed by atoms with van der Waals surface area (Å²) in [6.45, 7) is 9.47. The maximum Gasteiger partial charge on any atom is 0.201 e. The number of Topliss-reactive ketones (excluding diaryl/α,β-unsaturated/α-hetero) is 1. The molecule has 0 amide bonds. The molecule has 0 bridgehead atoms. The second kappa shape index (κ2) is 9.60. The molecule has 1 aromatic carbocycles. The standard InChI is InChI=1S/C24H31N3O2.H2S/c1-23(2)19-24(11-17-29-23,22(28)21-10-6-7-12-25-21)27-15-13-26(14-16-27)18-20-8-4-3-5-9-20;/h3-10,12H,11,13-19H2,1-2H3;1H2/t24-;/m0./s1. The predicted octanol–water partition coefficient (Wildman–Crippen LogP) is 3.52. The number of pyridine rings is 1. The van der Waals surface area contributed by atoms with Crippen LogP contribution in [0.2, 0.25) is 0 Å². The number of carbonyl (C=O) groups excluding carboxylic acids is 1. The lowest BCUT2D eigenvalue weighted by Gasteiger charge is -2.52. The Morgan fingerprint density at radius 2 is 1.73 bits per heavy atom. The summed E-state index contributed by atoms with van der Waals surface area (Å²) in [7, 11) is 0. The van der Waals surface area contributed by atoms with Crippen LogP contribution in [-0.4, -0.2) is 64.5 Å². The molecule has 5 nitrogen and oxygen atoms in total. The zero-order chi connectivity index (χ0) is 20.3. The molecule has 4 rings (SSSR count). The van der Waals surface area contributed by atoms with Gasteiger partial charge in [0, 0.05) is 51.9 Å². The van der Waals surface area contributed by atoms with E-state index in [9.17, 15) is 4.79 Å². The van der Waals surface area contributed by atoms with Gasteiger partial charge in [0.05, 0.1) is 11.1 Å². The van der Waals surface area contributed by atoms with Crippen LogP contribution in [0, 0.1) is 0 Å². The first kappa shape index (κ1) is 22.9. The summed E-state index contributed by atoms with van der Waals surface area (Å²) in [4.78, 5) is 23.0. The minimum absolute atomic E-state index is 0. The van der Waals surface area contributed by atoms with Gasteiger partial charge < -0.3 is 4.74 Å². The lowest BCUT2D eigenvalue weighted by molar-refractivity contribution is -0.113. The summed E-state index contributed by atoms with van der Waals surface area (Å²) in [5, 5.41) is 0. The Balaban J connectivity index is 0.00000256. The van der Waals surface area contributed by atoms with Gasteiger partial charge in [-0.3, -0.25) is 19.6 Å². The summed E-state index contributed by atoms with van der Waals surface area (Å²) in [5.41, 5.74) is 1.06. The van der Waals surface area contributed by atoms with E-state index in [1.165, 1.54) is 5.56 Å². The molecule has 2 aromatic rings. The van der Waals surface area contributed by atoms with E-state index in [2.05, 4.69) is 59.0 Å². The van der Waals surface area contributed by atoms with Crippen molar-refractivity contribution in [2.75, 3.05) is 32.8 Å². The SMILES string of the molecule is CC1(C)C[C@@](C(=O)c2ccccn2)(N2CCN(Cc3ccccc3)CC2)CCO1.S. The Kier molecular flexibility index (Phi) is 7.34. The molecule has 0 unspecified atom stereocenters. The lowest BCUT2D eigenvalue weighted by Crippen LogP contribution is -2.65.